The molecule has 0 radical (unpaired) electrons. The minimum absolute atomic E-state index is 0.0787. The van der Waals surface area contributed by atoms with E-state index >= 15 is 0 Å². The zero-order valence-electron chi connectivity index (χ0n) is 38.6. The second-order valence-electron chi connectivity index (χ2n) is 22.7. The van der Waals surface area contributed by atoms with Gasteiger partial charge in [0.25, 0.3) is 0 Å². The molecule has 7 fully saturated rings. The first-order valence-corrected chi connectivity index (χ1v) is 23.8. The third-order valence-electron chi connectivity index (χ3n) is 18.6. The van der Waals surface area contributed by atoms with Crippen molar-refractivity contribution in [3.05, 3.63) is 11.6 Å². The molecule has 0 aromatic carbocycles. The van der Waals surface area contributed by atoms with Gasteiger partial charge in [0.2, 0.25) is 0 Å². The fourth-order valence-electron chi connectivity index (χ4n) is 14.9. The highest BCUT2D eigenvalue weighted by atomic mass is 16.8. The maximum Gasteiger partial charge on any atom is 0.335 e. The molecule has 8 aliphatic rings. The molecule has 19 nitrogen and oxygen atoms in total. The molecule has 19 heteroatoms. The topological polar surface area (TPSA) is 309 Å². The lowest BCUT2D eigenvalue weighted by Crippen LogP contribution is -2.68. The Kier molecular flexibility index (Phi) is 13.6. The van der Waals surface area contributed by atoms with Gasteiger partial charge in [-0.25, -0.2) is 4.79 Å². The number of aliphatic hydroxyl groups excluding tert-OH is 8. The maximum absolute atomic E-state index is 13.8. The summed E-state index contributed by atoms with van der Waals surface area (Å²) in [4.78, 5) is 39.2. The number of fused-ring (bicyclic) bond motifs is 7. The van der Waals surface area contributed by atoms with Crippen molar-refractivity contribution >= 4 is 18.2 Å². The van der Waals surface area contributed by atoms with Crippen LogP contribution in [-0.2, 0) is 42.8 Å². The number of aliphatic hydroxyl groups is 8. The van der Waals surface area contributed by atoms with Gasteiger partial charge in [-0.2, -0.15) is 0 Å². The molecule has 0 spiro atoms. The molecule has 0 unspecified atom stereocenters. The van der Waals surface area contributed by atoms with Gasteiger partial charge in [0.1, 0.15) is 67.3 Å². The molecule has 24 atom stereocenters. The first kappa shape index (κ1) is 50.2. The Morgan fingerprint density at radius 3 is 2.06 bits per heavy atom. The standard InChI is InChI=1S/C47H72O19/c1-43(2)15-21-20(22(16-43)38(57)58)9-13-46(5)23(21)7-8-27-44(3)12-11-28(45(4,19-49)26(44)10-14-47(27,46)6)63-42-37(66-41-33(55)31(53)30(52)25(17-48)62-41)35(34(56)36(65-42)39(59)60)64-40-32(54)29(51)24(50)18-61-40/h7,19-22,24-37,40-42,48,50-56H,8-18H2,1-6H3,(H,57,58)(H,59,60)/t20-,21-,22-,24-,25-,26-,27-,28+,29+,30+,31+,32-,33-,34+,35+,36+,37-,40+,41+,42-,44+,45+,46-,47-/m1/s1. The van der Waals surface area contributed by atoms with E-state index in [1.807, 2.05) is 6.92 Å². The lowest BCUT2D eigenvalue weighted by atomic mass is 9.34. The fourth-order valence-corrected chi connectivity index (χ4v) is 14.9. The summed E-state index contributed by atoms with van der Waals surface area (Å²) in [6, 6.07) is 0. The average Bonchev–Trinajstić information content (AvgIpc) is 3.25. The van der Waals surface area contributed by atoms with Crippen LogP contribution in [0.4, 0.5) is 0 Å². The monoisotopic (exact) mass is 940 g/mol. The number of carbonyl (C=O) groups excluding carboxylic acids is 1. The van der Waals surface area contributed by atoms with Gasteiger partial charge in [-0.15, -0.1) is 0 Å². The second-order valence-corrected chi connectivity index (χ2v) is 22.7. The number of carboxylic acid groups (broad SMARTS) is 2. The minimum Gasteiger partial charge on any atom is -0.481 e. The van der Waals surface area contributed by atoms with Gasteiger partial charge < -0.3 is 84.3 Å². The Morgan fingerprint density at radius 2 is 1.41 bits per heavy atom. The average molecular weight is 941 g/mol. The number of hydrogen-bond acceptors (Lipinski definition) is 17. The number of rotatable bonds is 10. The summed E-state index contributed by atoms with van der Waals surface area (Å²) in [7, 11) is 0. The Bertz CT molecular complexity index is 1860. The molecule has 10 N–H and O–H groups in total. The van der Waals surface area contributed by atoms with Gasteiger partial charge in [-0.1, -0.05) is 53.2 Å². The lowest BCUT2D eigenvalue weighted by molar-refractivity contribution is -0.391. The summed E-state index contributed by atoms with van der Waals surface area (Å²) in [5, 5.41) is 106. The number of carbonyl (C=O) groups is 3. The minimum atomic E-state index is -2.12. The number of allylic oxidation sites excluding steroid dienone is 2. The van der Waals surface area contributed by atoms with Gasteiger partial charge >= 0.3 is 11.9 Å². The van der Waals surface area contributed by atoms with Crippen LogP contribution in [0.2, 0.25) is 0 Å². The molecule has 0 amide bonds. The molecule has 3 aliphatic heterocycles. The molecule has 4 saturated carbocycles. The van der Waals surface area contributed by atoms with Crippen molar-refractivity contribution in [3.63, 3.8) is 0 Å². The van der Waals surface area contributed by atoms with Crippen molar-refractivity contribution in [2.45, 2.75) is 191 Å². The molecule has 374 valence electrons. The van der Waals surface area contributed by atoms with E-state index in [0.29, 0.717) is 19.3 Å². The SMILES string of the molecule is CC1(C)C[C@@H](C(=O)O)[C@@H]2CC[C@]3(C)C(=CC[C@@H]4[C@@]5(C)CC[C@H](O[C@@H]6O[C@H](C(=O)O)[C@@H](O)[C@H](O[C@@H]7OC[C@@H](O)[C@H](O)[C@H]7O)[C@H]6O[C@@H]6O[C@H](CO)[C@H](O)[C@H](O)[C@H]6O)[C@@](C)(C=O)[C@@H]5CC[C@]43C)[C@@H]2C1. The smallest absolute Gasteiger partial charge is 0.335 e. The van der Waals surface area contributed by atoms with E-state index in [4.69, 9.17) is 28.4 Å². The van der Waals surface area contributed by atoms with Gasteiger partial charge in [0, 0.05) is 0 Å². The summed E-state index contributed by atoms with van der Waals surface area (Å²) >= 11 is 0. The molecule has 0 aromatic heterocycles. The third-order valence-corrected chi connectivity index (χ3v) is 18.6. The van der Waals surface area contributed by atoms with Crippen molar-refractivity contribution in [3.8, 4) is 0 Å². The van der Waals surface area contributed by atoms with Crippen LogP contribution in [0.3, 0.4) is 0 Å². The molecular formula is C47H72O19. The van der Waals surface area contributed by atoms with Crippen molar-refractivity contribution in [1.29, 1.82) is 0 Å². The van der Waals surface area contributed by atoms with E-state index < -0.39 is 134 Å². The maximum atomic E-state index is 13.8. The first-order chi connectivity index (χ1) is 30.9. The Labute approximate surface area is 384 Å². The fraction of sp³-hybridized carbons (Fsp3) is 0.894. The highest BCUT2D eigenvalue weighted by Crippen LogP contribution is 2.75. The molecule has 0 bridgehead atoms. The predicted octanol–water partition coefficient (Wildman–Crippen LogP) is 0.473. The van der Waals surface area contributed by atoms with Crippen LogP contribution in [0.1, 0.15) is 99.3 Å². The molecule has 66 heavy (non-hydrogen) atoms. The van der Waals surface area contributed by atoms with Crippen LogP contribution in [-0.4, -0.2) is 175 Å². The van der Waals surface area contributed by atoms with Gasteiger partial charge in [-0.3, -0.25) is 4.79 Å². The number of ether oxygens (including phenoxy) is 6. The van der Waals surface area contributed by atoms with Crippen molar-refractivity contribution in [1.82, 2.24) is 0 Å². The molecule has 0 aromatic rings. The van der Waals surface area contributed by atoms with Gasteiger partial charge in [0.05, 0.1) is 30.7 Å². The summed E-state index contributed by atoms with van der Waals surface area (Å²) < 4.78 is 35.9. The normalized spacial score (nSPS) is 53.5. The van der Waals surface area contributed by atoms with Crippen LogP contribution >= 0.6 is 0 Å². The van der Waals surface area contributed by atoms with Gasteiger partial charge in [-0.05, 0) is 103 Å². The molecule has 8 rings (SSSR count). The Morgan fingerprint density at radius 1 is 0.727 bits per heavy atom. The van der Waals surface area contributed by atoms with Crippen molar-refractivity contribution in [2.75, 3.05) is 13.2 Å². The van der Waals surface area contributed by atoms with Crippen LogP contribution < -0.4 is 0 Å². The predicted molar refractivity (Wildman–Crippen MR) is 225 cm³/mol. The molecule has 3 saturated heterocycles. The van der Waals surface area contributed by atoms with Crippen LogP contribution in [0.5, 0.6) is 0 Å². The van der Waals surface area contributed by atoms with Crippen LogP contribution in [0.15, 0.2) is 11.6 Å². The van der Waals surface area contributed by atoms with E-state index in [2.05, 4.69) is 40.7 Å². The van der Waals surface area contributed by atoms with Gasteiger partial charge in [0.15, 0.2) is 25.0 Å². The van der Waals surface area contributed by atoms with Crippen LogP contribution in [0.25, 0.3) is 0 Å². The second kappa shape index (κ2) is 17.9. The van der Waals surface area contributed by atoms with E-state index in [1.165, 1.54) is 5.57 Å². The Hall–Kier alpha value is -2.21. The van der Waals surface area contributed by atoms with E-state index in [-0.39, 0.29) is 46.3 Å². The van der Waals surface area contributed by atoms with Crippen LogP contribution in [0, 0.1) is 56.7 Å². The van der Waals surface area contributed by atoms with E-state index in [0.717, 1.165) is 38.4 Å². The number of carboxylic acids is 2. The number of aliphatic carboxylic acids is 2. The summed E-state index contributed by atoms with van der Waals surface area (Å²) in [6.45, 7) is 11.8. The summed E-state index contributed by atoms with van der Waals surface area (Å²) in [5.74, 6) is -2.64. The Balaban J connectivity index is 1.11. The van der Waals surface area contributed by atoms with Crippen molar-refractivity contribution < 1.29 is 93.9 Å². The zero-order valence-corrected chi connectivity index (χ0v) is 38.6. The van der Waals surface area contributed by atoms with Crippen molar-refractivity contribution in [2.24, 2.45) is 56.7 Å². The quantitative estimate of drug-likeness (QED) is 0.0809. The third kappa shape index (κ3) is 7.92. The highest BCUT2D eigenvalue weighted by molar-refractivity contribution is 5.73. The van der Waals surface area contributed by atoms with E-state index in [1.54, 1.807) is 0 Å². The highest BCUT2D eigenvalue weighted by Gasteiger charge is 2.69. The summed E-state index contributed by atoms with van der Waals surface area (Å²) in [6.07, 6.45) is -17.0. The molecular weight excluding hydrogens is 868 g/mol. The largest absolute Gasteiger partial charge is 0.481 e. The number of aldehydes is 1. The molecule has 3 heterocycles. The summed E-state index contributed by atoms with van der Waals surface area (Å²) in [5.41, 5.74) is -0.747. The zero-order chi connectivity index (χ0) is 48.2. The first-order valence-electron chi connectivity index (χ1n) is 23.8. The number of hydrogen-bond donors (Lipinski definition) is 10. The lowest BCUT2D eigenvalue weighted by Gasteiger charge is -2.70. The van der Waals surface area contributed by atoms with E-state index in [9.17, 15) is 65.4 Å². The molecule has 5 aliphatic carbocycles.